The quantitative estimate of drug-likeness (QED) is 0.706. The van der Waals surface area contributed by atoms with E-state index in [1.165, 1.54) is 10.9 Å². The normalized spacial score (nSPS) is 16.5. The van der Waals surface area contributed by atoms with Gasteiger partial charge < -0.3 is 14.2 Å². The van der Waals surface area contributed by atoms with Gasteiger partial charge in [-0.3, -0.25) is 4.57 Å². The molecule has 0 bridgehead atoms. The van der Waals surface area contributed by atoms with Crippen molar-refractivity contribution in [2.24, 2.45) is 13.0 Å². The molecular formula is C20H27N5O. The van der Waals surface area contributed by atoms with Crippen LogP contribution in [-0.4, -0.2) is 45.1 Å². The van der Waals surface area contributed by atoms with Gasteiger partial charge in [-0.15, -0.1) is 10.2 Å². The Balaban J connectivity index is 1.79. The van der Waals surface area contributed by atoms with Crippen molar-refractivity contribution >= 4 is 16.9 Å². The highest BCUT2D eigenvalue weighted by molar-refractivity contribution is 5.94. The van der Waals surface area contributed by atoms with E-state index in [4.69, 9.17) is 4.74 Å². The van der Waals surface area contributed by atoms with Crippen LogP contribution >= 0.6 is 0 Å². The minimum Gasteiger partial charge on any atom is -0.375 e. The van der Waals surface area contributed by atoms with E-state index >= 15 is 0 Å². The van der Waals surface area contributed by atoms with E-state index in [2.05, 4.69) is 82.5 Å². The van der Waals surface area contributed by atoms with Crippen LogP contribution in [0, 0.1) is 5.92 Å². The second-order valence-electron chi connectivity index (χ2n) is 8.01. The Morgan fingerprint density at radius 2 is 1.92 bits per heavy atom. The van der Waals surface area contributed by atoms with E-state index in [1.54, 1.807) is 7.11 Å². The molecule has 138 valence electrons. The largest absolute Gasteiger partial charge is 0.375 e. The Kier molecular flexibility index (Phi) is 4.03. The molecular weight excluding hydrogens is 326 g/mol. The van der Waals surface area contributed by atoms with E-state index in [0.717, 1.165) is 37.0 Å². The van der Waals surface area contributed by atoms with Crippen LogP contribution in [0.15, 0.2) is 30.5 Å². The number of aromatic nitrogens is 4. The molecule has 1 saturated heterocycles. The van der Waals surface area contributed by atoms with Crippen molar-refractivity contribution in [3.8, 4) is 11.4 Å². The molecule has 0 aliphatic carbocycles. The number of benzene rings is 1. The summed E-state index contributed by atoms with van der Waals surface area (Å²) in [5.41, 5.74) is 2.25. The number of rotatable bonds is 5. The molecule has 1 fully saturated rings. The second kappa shape index (κ2) is 6.13. The Bertz CT molecular complexity index is 933. The van der Waals surface area contributed by atoms with Gasteiger partial charge in [0.25, 0.3) is 0 Å². The van der Waals surface area contributed by atoms with Crippen LogP contribution in [0.1, 0.15) is 20.8 Å². The Labute approximate surface area is 154 Å². The molecule has 0 spiro atoms. The molecule has 0 unspecified atom stereocenters. The third kappa shape index (κ3) is 2.69. The van der Waals surface area contributed by atoms with Crippen molar-refractivity contribution in [1.82, 2.24) is 19.3 Å². The van der Waals surface area contributed by atoms with Gasteiger partial charge in [-0.2, -0.15) is 0 Å². The van der Waals surface area contributed by atoms with Crippen LogP contribution < -0.4 is 4.90 Å². The second-order valence-corrected chi connectivity index (χ2v) is 8.01. The van der Waals surface area contributed by atoms with Gasteiger partial charge in [0, 0.05) is 43.4 Å². The fraction of sp³-hybridized carbons (Fsp3) is 0.500. The molecule has 3 aromatic rings. The number of hydrogen-bond acceptors (Lipinski definition) is 4. The van der Waals surface area contributed by atoms with Gasteiger partial charge in [0.2, 0.25) is 5.95 Å². The maximum Gasteiger partial charge on any atom is 0.227 e. The molecule has 6 nitrogen and oxygen atoms in total. The third-order valence-electron chi connectivity index (χ3n) is 5.24. The lowest BCUT2D eigenvalue weighted by molar-refractivity contribution is -0.0178. The van der Waals surface area contributed by atoms with Gasteiger partial charge in [-0.1, -0.05) is 32.0 Å². The number of aryl methyl sites for hydroxylation is 1. The van der Waals surface area contributed by atoms with Crippen molar-refractivity contribution < 1.29 is 4.74 Å². The lowest BCUT2D eigenvalue weighted by Gasteiger charge is -2.47. The van der Waals surface area contributed by atoms with Crippen LogP contribution in [0.5, 0.6) is 0 Å². The van der Waals surface area contributed by atoms with E-state index in [-0.39, 0.29) is 5.60 Å². The zero-order chi connectivity index (χ0) is 18.5. The topological polar surface area (TPSA) is 48.1 Å². The molecule has 1 aliphatic heterocycles. The average molecular weight is 353 g/mol. The van der Waals surface area contributed by atoms with Crippen molar-refractivity contribution in [2.75, 3.05) is 25.1 Å². The summed E-state index contributed by atoms with van der Waals surface area (Å²) in [6.45, 7) is 9.17. The molecule has 1 aliphatic rings. The predicted molar refractivity (Wildman–Crippen MR) is 104 cm³/mol. The highest BCUT2D eigenvalue weighted by Gasteiger charge is 2.41. The molecule has 3 heterocycles. The van der Waals surface area contributed by atoms with Crippen LogP contribution in [0.3, 0.4) is 0 Å². The first kappa shape index (κ1) is 17.1. The molecule has 2 aromatic heterocycles. The van der Waals surface area contributed by atoms with E-state index in [1.807, 2.05) is 0 Å². The Hall–Kier alpha value is -2.34. The monoisotopic (exact) mass is 353 g/mol. The Morgan fingerprint density at radius 3 is 2.62 bits per heavy atom. The first-order chi connectivity index (χ1) is 12.4. The van der Waals surface area contributed by atoms with E-state index in [0.29, 0.717) is 5.92 Å². The summed E-state index contributed by atoms with van der Waals surface area (Å²) in [5, 5.41) is 10.4. The molecule has 0 N–H and O–H groups in total. The summed E-state index contributed by atoms with van der Waals surface area (Å²) in [4.78, 5) is 2.26. The molecule has 1 aromatic carbocycles. The van der Waals surface area contributed by atoms with E-state index < -0.39 is 0 Å². The number of nitrogens with zero attached hydrogens (tertiary/aromatic N) is 5. The fourth-order valence-corrected chi connectivity index (χ4v) is 3.81. The van der Waals surface area contributed by atoms with Gasteiger partial charge >= 0.3 is 0 Å². The van der Waals surface area contributed by atoms with E-state index in [9.17, 15) is 0 Å². The van der Waals surface area contributed by atoms with Crippen LogP contribution in [-0.2, 0) is 18.3 Å². The number of hydrogen-bond donors (Lipinski definition) is 0. The zero-order valence-electron chi connectivity index (χ0n) is 16.2. The predicted octanol–water partition coefficient (Wildman–Crippen LogP) is 3.32. The summed E-state index contributed by atoms with van der Waals surface area (Å²) in [7, 11) is 3.85. The maximum atomic E-state index is 5.60. The first-order valence-electron chi connectivity index (χ1n) is 9.19. The lowest BCUT2D eigenvalue weighted by Crippen LogP contribution is -2.61. The summed E-state index contributed by atoms with van der Waals surface area (Å²) in [6, 6.07) is 8.45. The standard InChI is InChI=1S/C20H27N5O/c1-14(2)10-25-18(16-11-23(4)17-9-7-6-8-15(16)17)21-22-19(25)24-12-20(3,13-24)26-5/h6-9,11,14H,10,12-13H2,1-5H3. The summed E-state index contributed by atoms with van der Waals surface area (Å²) in [6.07, 6.45) is 2.16. The van der Waals surface area contributed by atoms with Gasteiger partial charge in [0.15, 0.2) is 5.82 Å². The molecule has 0 atom stereocenters. The van der Waals surface area contributed by atoms with Gasteiger partial charge in [-0.25, -0.2) is 0 Å². The number of para-hydroxylation sites is 1. The summed E-state index contributed by atoms with van der Waals surface area (Å²) in [5.74, 6) is 2.39. The number of anilines is 1. The number of ether oxygens (including phenoxy) is 1. The highest BCUT2D eigenvalue weighted by atomic mass is 16.5. The SMILES string of the molecule is COC1(C)CN(c2nnc(-c3cn(C)c4ccccc34)n2CC(C)C)C1. The van der Waals surface area contributed by atoms with Crippen molar-refractivity contribution in [2.45, 2.75) is 32.9 Å². The highest BCUT2D eigenvalue weighted by Crippen LogP contribution is 2.34. The summed E-state index contributed by atoms with van der Waals surface area (Å²) < 4.78 is 10.0. The smallest absolute Gasteiger partial charge is 0.227 e. The van der Waals surface area contributed by atoms with Crippen LogP contribution in [0.4, 0.5) is 5.95 Å². The minimum atomic E-state index is -0.0891. The van der Waals surface area contributed by atoms with Gasteiger partial charge in [0.1, 0.15) is 5.60 Å². The van der Waals surface area contributed by atoms with Gasteiger partial charge in [0.05, 0.1) is 13.1 Å². The summed E-state index contributed by atoms with van der Waals surface area (Å²) >= 11 is 0. The fourth-order valence-electron chi connectivity index (χ4n) is 3.81. The number of methoxy groups -OCH3 is 1. The molecule has 0 saturated carbocycles. The molecule has 0 radical (unpaired) electrons. The van der Waals surface area contributed by atoms with Crippen LogP contribution in [0.2, 0.25) is 0 Å². The maximum absolute atomic E-state index is 5.60. The minimum absolute atomic E-state index is 0.0891. The molecule has 4 rings (SSSR count). The molecule has 0 amide bonds. The number of fused-ring (bicyclic) bond motifs is 1. The average Bonchev–Trinajstić information content (AvgIpc) is 3.13. The third-order valence-corrected chi connectivity index (χ3v) is 5.24. The molecule has 6 heteroatoms. The zero-order valence-corrected chi connectivity index (χ0v) is 16.2. The van der Waals surface area contributed by atoms with Crippen molar-refractivity contribution in [3.63, 3.8) is 0 Å². The van der Waals surface area contributed by atoms with Crippen LogP contribution in [0.25, 0.3) is 22.3 Å². The van der Waals surface area contributed by atoms with Gasteiger partial charge in [-0.05, 0) is 18.9 Å². The van der Waals surface area contributed by atoms with Crippen molar-refractivity contribution in [3.05, 3.63) is 30.5 Å². The lowest BCUT2D eigenvalue weighted by atomic mass is 9.97. The van der Waals surface area contributed by atoms with Crippen molar-refractivity contribution in [1.29, 1.82) is 0 Å². The first-order valence-corrected chi connectivity index (χ1v) is 9.19. The molecule has 26 heavy (non-hydrogen) atoms. The Morgan fingerprint density at radius 1 is 1.19 bits per heavy atom.